The number of fused-ring (bicyclic) bond motifs is 30. The van der Waals surface area contributed by atoms with E-state index in [1.54, 1.807) is 0 Å². The summed E-state index contributed by atoms with van der Waals surface area (Å²) in [4.78, 5) is 0. The van der Waals surface area contributed by atoms with Crippen LogP contribution in [0.25, 0.3) is 186 Å². The first-order valence-electron chi connectivity index (χ1n) is 28.8. The van der Waals surface area contributed by atoms with E-state index >= 15 is 0 Å². The normalized spacial score (nSPS) is 13.0. The summed E-state index contributed by atoms with van der Waals surface area (Å²) in [7, 11) is 0. The minimum atomic E-state index is -0.141. The van der Waals surface area contributed by atoms with Gasteiger partial charge in [-0.05, 0) is 159 Å². The molecule has 0 saturated carbocycles. The lowest BCUT2D eigenvalue weighted by atomic mass is 9.34. The Balaban J connectivity index is 0.955. The summed E-state index contributed by atoms with van der Waals surface area (Å²) in [6, 6.07) is 93.3. The van der Waals surface area contributed by atoms with Gasteiger partial charge in [-0.15, -0.1) is 0 Å². The van der Waals surface area contributed by atoms with Crippen molar-refractivity contribution in [1.29, 1.82) is 0 Å². The molecular formula is C78H41BN2O2. The Bertz CT molecular complexity index is 6180. The van der Waals surface area contributed by atoms with Gasteiger partial charge in [-0.2, -0.15) is 0 Å². The predicted molar refractivity (Wildman–Crippen MR) is 350 cm³/mol. The van der Waals surface area contributed by atoms with Crippen molar-refractivity contribution in [3.8, 4) is 33.6 Å². The highest BCUT2D eigenvalue weighted by Gasteiger charge is 2.42. The topological polar surface area (TPSA) is 36.1 Å². The Morgan fingerprint density at radius 2 is 0.651 bits per heavy atom. The molecule has 0 atom stereocenters. The summed E-state index contributed by atoms with van der Waals surface area (Å²) in [5.74, 6) is 0. The third-order valence-corrected chi connectivity index (χ3v) is 19.4. The van der Waals surface area contributed by atoms with Crippen molar-refractivity contribution in [2.45, 2.75) is 0 Å². The van der Waals surface area contributed by atoms with Gasteiger partial charge in [-0.1, -0.05) is 182 Å². The highest BCUT2D eigenvalue weighted by atomic mass is 16.3. The molecule has 0 amide bonds. The maximum atomic E-state index is 6.68. The van der Waals surface area contributed by atoms with Gasteiger partial charge in [0, 0.05) is 76.3 Å². The summed E-state index contributed by atoms with van der Waals surface area (Å²) < 4.78 is 18.6. The molecule has 4 aromatic heterocycles. The monoisotopic (exact) mass is 1050 g/mol. The van der Waals surface area contributed by atoms with Crippen molar-refractivity contribution in [3.63, 3.8) is 0 Å². The quantitative estimate of drug-likeness (QED) is 0.128. The number of benzene rings is 15. The average molecular weight is 1050 g/mol. The van der Waals surface area contributed by atoms with Gasteiger partial charge in [-0.25, -0.2) is 0 Å². The van der Waals surface area contributed by atoms with Crippen molar-refractivity contribution in [2.75, 3.05) is 0 Å². The van der Waals surface area contributed by atoms with E-state index in [1.165, 1.54) is 136 Å². The molecule has 0 radical (unpaired) electrons. The zero-order valence-electron chi connectivity index (χ0n) is 44.5. The molecule has 378 valence electrons. The van der Waals surface area contributed by atoms with Crippen LogP contribution in [0.4, 0.5) is 0 Å². The van der Waals surface area contributed by atoms with E-state index in [0.717, 1.165) is 66.1 Å². The Morgan fingerprint density at radius 1 is 0.241 bits per heavy atom. The molecule has 21 rings (SSSR count). The second-order valence-corrected chi connectivity index (χ2v) is 23.3. The predicted octanol–water partition coefficient (Wildman–Crippen LogP) is 19.1. The summed E-state index contributed by atoms with van der Waals surface area (Å²) in [6.45, 7) is -0.141. The van der Waals surface area contributed by atoms with Crippen molar-refractivity contribution in [1.82, 2.24) is 9.13 Å². The molecule has 4 nitrogen and oxygen atoms in total. The highest BCUT2D eigenvalue weighted by Crippen LogP contribution is 2.49. The zero-order valence-corrected chi connectivity index (χ0v) is 44.5. The Hall–Kier alpha value is -10.9. The molecule has 0 spiro atoms. The van der Waals surface area contributed by atoms with Gasteiger partial charge in [0.25, 0.3) is 6.71 Å². The second kappa shape index (κ2) is 15.1. The summed E-state index contributed by atoms with van der Waals surface area (Å²) >= 11 is 0. The SMILES string of the molecule is c1cc2c3c(c1)-n1c4c(cc(-c5ccc6c(c5)oc5ccccc56)cc4c4ccc5c6ccccc6c6ccccc6c5c41)B3c1cc(-c3ccc4c(c3)oc3ccccc34)cc3c4c5c6ccccc6c6ccccc6c5ccc4n-2c13. The largest absolute Gasteiger partial charge is 0.456 e. The van der Waals surface area contributed by atoms with Gasteiger partial charge in [0.2, 0.25) is 0 Å². The van der Waals surface area contributed by atoms with Crippen LogP contribution >= 0.6 is 0 Å². The number of aromatic nitrogens is 2. The molecule has 0 fully saturated rings. The molecule has 0 unspecified atom stereocenters. The lowest BCUT2D eigenvalue weighted by molar-refractivity contribution is 0.668. The summed E-state index contributed by atoms with van der Waals surface area (Å²) in [5, 5.41) is 24.7. The minimum Gasteiger partial charge on any atom is -0.456 e. The van der Waals surface area contributed by atoms with Gasteiger partial charge < -0.3 is 18.0 Å². The van der Waals surface area contributed by atoms with E-state index in [-0.39, 0.29) is 6.71 Å². The molecule has 0 saturated heterocycles. The van der Waals surface area contributed by atoms with Crippen molar-refractivity contribution >= 4 is 175 Å². The Kier molecular flexibility index (Phi) is 7.83. The van der Waals surface area contributed by atoms with Gasteiger partial charge >= 0.3 is 0 Å². The van der Waals surface area contributed by atoms with E-state index in [1.807, 2.05) is 0 Å². The van der Waals surface area contributed by atoms with Crippen LogP contribution in [0.1, 0.15) is 0 Å². The minimum absolute atomic E-state index is 0.141. The molecule has 2 aliphatic heterocycles. The molecule has 5 heteroatoms. The fraction of sp³-hybridized carbons (Fsp3) is 0. The van der Waals surface area contributed by atoms with Crippen LogP contribution in [0.15, 0.2) is 258 Å². The van der Waals surface area contributed by atoms with Crippen LogP contribution < -0.4 is 16.4 Å². The number of para-hydroxylation sites is 2. The van der Waals surface area contributed by atoms with E-state index in [4.69, 9.17) is 8.83 Å². The molecule has 83 heavy (non-hydrogen) atoms. The lowest BCUT2D eigenvalue weighted by Gasteiger charge is -2.34. The molecule has 2 aliphatic rings. The maximum Gasteiger partial charge on any atom is 0.252 e. The number of nitrogens with zero attached hydrogens (tertiary/aromatic N) is 2. The third kappa shape index (κ3) is 5.30. The number of hydrogen-bond acceptors (Lipinski definition) is 2. The summed E-state index contributed by atoms with van der Waals surface area (Å²) in [6.07, 6.45) is 0. The molecule has 19 aromatic rings. The number of rotatable bonds is 2. The Morgan fingerprint density at radius 3 is 1.23 bits per heavy atom. The molecule has 0 aliphatic carbocycles. The maximum absolute atomic E-state index is 6.68. The summed E-state index contributed by atoms with van der Waals surface area (Å²) in [5.41, 5.74) is 19.4. The van der Waals surface area contributed by atoms with Crippen molar-refractivity contribution < 1.29 is 8.83 Å². The van der Waals surface area contributed by atoms with E-state index in [0.29, 0.717) is 0 Å². The van der Waals surface area contributed by atoms with Crippen molar-refractivity contribution in [2.24, 2.45) is 0 Å². The van der Waals surface area contributed by atoms with Gasteiger partial charge in [-0.3, -0.25) is 0 Å². The van der Waals surface area contributed by atoms with Gasteiger partial charge in [0.1, 0.15) is 22.3 Å². The number of furan rings is 2. The van der Waals surface area contributed by atoms with Crippen LogP contribution in [-0.2, 0) is 0 Å². The first-order valence-corrected chi connectivity index (χ1v) is 28.8. The fourth-order valence-corrected chi connectivity index (χ4v) is 16.1. The smallest absolute Gasteiger partial charge is 0.252 e. The second-order valence-electron chi connectivity index (χ2n) is 23.3. The molecule has 6 heterocycles. The van der Waals surface area contributed by atoms with Gasteiger partial charge in [0.15, 0.2) is 0 Å². The highest BCUT2D eigenvalue weighted by molar-refractivity contribution is 7.00. The van der Waals surface area contributed by atoms with Crippen LogP contribution in [0.2, 0.25) is 0 Å². The molecule has 0 bridgehead atoms. The zero-order chi connectivity index (χ0) is 53.5. The lowest BCUT2D eigenvalue weighted by Crippen LogP contribution is -2.59. The fourth-order valence-electron chi connectivity index (χ4n) is 16.1. The van der Waals surface area contributed by atoms with Crippen LogP contribution in [0.5, 0.6) is 0 Å². The third-order valence-electron chi connectivity index (χ3n) is 19.4. The standard InChI is InChI=1S/C78H41BN2O2/c1-3-18-50-46(14-1)48-16-5-7-22-56(48)72-58(50)34-35-65-74(72)62-37-45(43-29-31-55-53-21-10-12-27-69(53)83-71(55)41-43)39-64-77(62)80(65)66-24-13-25-67-75(66)79(64)63-38-44(42-28-30-54-52-20-9-11-26-68(52)82-70(54)40-42)36-61-60-33-32-59-51-19-4-2-15-47(51)49-17-6-8-23-57(49)73(59)78(60)81(67)76(61)63/h1-41H. The van der Waals surface area contributed by atoms with Crippen molar-refractivity contribution in [3.05, 3.63) is 249 Å². The number of hydrogen-bond donors (Lipinski definition) is 0. The first-order chi connectivity index (χ1) is 41.2. The molecule has 0 N–H and O–H groups in total. The molecular weight excluding hydrogens is 1010 g/mol. The van der Waals surface area contributed by atoms with E-state index in [2.05, 4.69) is 258 Å². The van der Waals surface area contributed by atoms with E-state index in [9.17, 15) is 0 Å². The Labute approximate surface area is 472 Å². The first kappa shape index (κ1) is 43.0. The van der Waals surface area contributed by atoms with Crippen LogP contribution in [0, 0.1) is 0 Å². The molecule has 15 aromatic carbocycles. The average Bonchev–Trinajstić information content (AvgIpc) is 1.70. The van der Waals surface area contributed by atoms with Crippen LogP contribution in [0.3, 0.4) is 0 Å². The van der Waals surface area contributed by atoms with Gasteiger partial charge in [0.05, 0.1) is 11.0 Å². The van der Waals surface area contributed by atoms with Crippen LogP contribution in [-0.4, -0.2) is 15.8 Å². The van der Waals surface area contributed by atoms with E-state index < -0.39 is 0 Å².